The molecule has 0 spiro atoms. The van der Waals surface area contributed by atoms with Crippen molar-refractivity contribution in [2.45, 2.75) is 25.0 Å². The molecule has 4 rings (SSSR count). The molecule has 0 saturated heterocycles. The quantitative estimate of drug-likeness (QED) is 0.527. The maximum Gasteiger partial charge on any atom is 0.407 e. The highest BCUT2D eigenvalue weighted by Gasteiger charge is 2.29. The lowest BCUT2D eigenvalue weighted by atomic mass is 9.98. The molecule has 160 valence electrons. The van der Waals surface area contributed by atoms with Gasteiger partial charge in [-0.3, -0.25) is 0 Å². The molecule has 3 N–H and O–H groups in total. The molecule has 6 heteroatoms. The summed E-state index contributed by atoms with van der Waals surface area (Å²) in [6.45, 7) is 1.81. The largest absolute Gasteiger partial charge is 0.449 e. The molecular formula is C25H24ClNO4. The molecular weight excluding hydrogens is 414 g/mol. The second kappa shape index (κ2) is 9.10. The number of carbonyl (C=O) groups is 1. The number of fused-ring (bicyclic) bond motifs is 3. The number of ether oxygens (including phenoxy) is 1. The maximum absolute atomic E-state index is 12.3. The molecule has 3 aromatic carbocycles. The van der Waals surface area contributed by atoms with Gasteiger partial charge in [0.2, 0.25) is 0 Å². The van der Waals surface area contributed by atoms with Crippen molar-refractivity contribution in [2.75, 3.05) is 13.2 Å². The number of alkyl carbamates (subject to hydrolysis) is 1. The monoisotopic (exact) mass is 437 g/mol. The number of hydrogen-bond acceptors (Lipinski definition) is 4. The van der Waals surface area contributed by atoms with Gasteiger partial charge in [-0.1, -0.05) is 72.3 Å². The van der Waals surface area contributed by atoms with E-state index in [0.29, 0.717) is 16.1 Å². The van der Waals surface area contributed by atoms with Crippen molar-refractivity contribution in [1.82, 2.24) is 5.32 Å². The highest BCUT2D eigenvalue weighted by molar-refractivity contribution is 6.31. The molecule has 0 aliphatic heterocycles. The Labute approximate surface area is 186 Å². The van der Waals surface area contributed by atoms with E-state index in [0.717, 1.165) is 22.3 Å². The molecule has 2 unspecified atom stereocenters. The van der Waals surface area contributed by atoms with E-state index in [1.165, 1.54) is 0 Å². The summed E-state index contributed by atoms with van der Waals surface area (Å²) in [6, 6.07) is 21.3. The van der Waals surface area contributed by atoms with Crippen LogP contribution in [0.1, 0.15) is 34.3 Å². The number of nitrogens with one attached hydrogen (secondary N) is 1. The van der Waals surface area contributed by atoms with E-state index in [1.807, 2.05) is 24.3 Å². The van der Waals surface area contributed by atoms with Gasteiger partial charge in [-0.05, 0) is 46.4 Å². The van der Waals surface area contributed by atoms with E-state index in [1.54, 1.807) is 25.1 Å². The first-order valence-corrected chi connectivity index (χ1v) is 10.5. The number of aliphatic hydroxyl groups is 2. The fourth-order valence-electron chi connectivity index (χ4n) is 4.10. The van der Waals surface area contributed by atoms with Crippen LogP contribution in [0.5, 0.6) is 0 Å². The van der Waals surface area contributed by atoms with E-state index in [4.69, 9.17) is 16.3 Å². The van der Waals surface area contributed by atoms with E-state index in [9.17, 15) is 15.0 Å². The third-order valence-corrected chi connectivity index (χ3v) is 6.20. The predicted octanol–water partition coefficient (Wildman–Crippen LogP) is 4.58. The number of hydrogen-bond donors (Lipinski definition) is 3. The Bertz CT molecular complexity index is 1050. The molecule has 5 nitrogen and oxygen atoms in total. The van der Waals surface area contributed by atoms with Gasteiger partial charge in [-0.15, -0.1) is 0 Å². The van der Waals surface area contributed by atoms with Gasteiger partial charge in [-0.2, -0.15) is 0 Å². The van der Waals surface area contributed by atoms with Crippen LogP contribution in [0.2, 0.25) is 5.02 Å². The fourth-order valence-corrected chi connectivity index (χ4v) is 4.28. The number of rotatable bonds is 6. The summed E-state index contributed by atoms with van der Waals surface area (Å²) in [5, 5.41) is 23.8. The summed E-state index contributed by atoms with van der Waals surface area (Å²) in [5.74, 6) is -0.0391. The Balaban J connectivity index is 1.35. The van der Waals surface area contributed by atoms with Crippen LogP contribution < -0.4 is 5.32 Å². The van der Waals surface area contributed by atoms with E-state index in [-0.39, 0.29) is 19.1 Å². The van der Waals surface area contributed by atoms with Gasteiger partial charge in [0, 0.05) is 17.5 Å². The van der Waals surface area contributed by atoms with Gasteiger partial charge in [0.1, 0.15) is 18.8 Å². The second-order valence-corrected chi connectivity index (χ2v) is 8.08. The minimum atomic E-state index is -1.20. The van der Waals surface area contributed by atoms with Crippen molar-refractivity contribution in [3.63, 3.8) is 0 Å². The zero-order valence-corrected chi connectivity index (χ0v) is 17.8. The summed E-state index contributed by atoms with van der Waals surface area (Å²) in [5.41, 5.74) is 5.78. The van der Waals surface area contributed by atoms with Crippen molar-refractivity contribution >= 4 is 17.7 Å². The van der Waals surface area contributed by atoms with Crippen LogP contribution in [0, 0.1) is 6.92 Å². The zero-order valence-electron chi connectivity index (χ0n) is 17.1. The Kier molecular flexibility index (Phi) is 6.28. The van der Waals surface area contributed by atoms with Gasteiger partial charge in [0.15, 0.2) is 0 Å². The minimum absolute atomic E-state index is 0.0391. The SMILES string of the molecule is Cc1c(Cl)cccc1C(O)C(O)CNC(=O)OCC1c2ccccc2-c2ccccc21. The lowest BCUT2D eigenvalue weighted by Crippen LogP contribution is -2.36. The Morgan fingerprint density at radius 1 is 1.00 bits per heavy atom. The summed E-state index contributed by atoms with van der Waals surface area (Å²) >= 11 is 6.08. The van der Waals surface area contributed by atoms with Gasteiger partial charge in [-0.25, -0.2) is 4.79 Å². The Hall–Kier alpha value is -2.86. The molecule has 1 amide bonds. The number of benzene rings is 3. The molecule has 31 heavy (non-hydrogen) atoms. The lowest BCUT2D eigenvalue weighted by molar-refractivity contribution is 0.0182. The standard InChI is InChI=1S/C25H24ClNO4/c1-15-16(11-6-12-22(15)26)24(29)23(28)13-27-25(30)31-14-21-19-9-4-2-7-17(19)18-8-3-5-10-20(18)21/h2-12,21,23-24,28-29H,13-14H2,1H3,(H,27,30). The van der Waals surface area contributed by atoms with Crippen molar-refractivity contribution < 1.29 is 19.7 Å². The first-order valence-electron chi connectivity index (χ1n) is 10.2. The highest BCUT2D eigenvalue weighted by atomic mass is 35.5. The molecule has 0 fully saturated rings. The number of amides is 1. The van der Waals surface area contributed by atoms with E-state index >= 15 is 0 Å². The maximum atomic E-state index is 12.3. The molecule has 0 aromatic heterocycles. The van der Waals surface area contributed by atoms with Crippen molar-refractivity contribution in [3.8, 4) is 11.1 Å². The Morgan fingerprint density at radius 3 is 2.26 bits per heavy atom. The van der Waals surface area contributed by atoms with Gasteiger partial charge >= 0.3 is 6.09 Å². The summed E-state index contributed by atoms with van der Waals surface area (Å²) < 4.78 is 5.45. The average Bonchev–Trinajstić information content (AvgIpc) is 3.11. The normalized spacial score (nSPS) is 14.5. The fraction of sp³-hybridized carbons (Fsp3) is 0.240. The molecule has 3 aromatic rings. The first-order chi connectivity index (χ1) is 15.0. The molecule has 1 aliphatic rings. The summed E-state index contributed by atoms with van der Waals surface area (Å²) in [7, 11) is 0. The topological polar surface area (TPSA) is 78.8 Å². The van der Waals surface area contributed by atoms with Gasteiger partial charge in [0.25, 0.3) is 0 Å². The van der Waals surface area contributed by atoms with E-state index in [2.05, 4.69) is 29.6 Å². The predicted molar refractivity (Wildman–Crippen MR) is 120 cm³/mol. The number of aliphatic hydroxyl groups excluding tert-OH is 2. The van der Waals surface area contributed by atoms with Crippen LogP contribution in [0.25, 0.3) is 11.1 Å². The molecule has 1 aliphatic carbocycles. The van der Waals surface area contributed by atoms with Crippen molar-refractivity contribution in [2.24, 2.45) is 0 Å². The van der Waals surface area contributed by atoms with Crippen LogP contribution >= 0.6 is 11.6 Å². The summed E-state index contributed by atoms with van der Waals surface area (Å²) in [4.78, 5) is 12.3. The number of halogens is 1. The number of carbonyl (C=O) groups excluding carboxylic acids is 1. The van der Waals surface area contributed by atoms with Crippen molar-refractivity contribution in [1.29, 1.82) is 0 Å². The highest BCUT2D eigenvalue weighted by Crippen LogP contribution is 2.44. The zero-order chi connectivity index (χ0) is 22.0. The molecule has 0 bridgehead atoms. The third-order valence-electron chi connectivity index (χ3n) is 5.79. The summed E-state index contributed by atoms with van der Waals surface area (Å²) in [6.07, 6.45) is -3.01. The average molecular weight is 438 g/mol. The van der Waals surface area contributed by atoms with Crippen molar-refractivity contribution in [3.05, 3.63) is 94.0 Å². The molecule has 2 atom stereocenters. The van der Waals surface area contributed by atoms with Crippen LogP contribution in [0.3, 0.4) is 0 Å². The molecule has 0 heterocycles. The second-order valence-electron chi connectivity index (χ2n) is 7.67. The van der Waals surface area contributed by atoms with Crippen LogP contribution in [0.15, 0.2) is 66.7 Å². The molecule has 0 saturated carbocycles. The lowest BCUT2D eigenvalue weighted by Gasteiger charge is -2.21. The third kappa shape index (κ3) is 4.30. The minimum Gasteiger partial charge on any atom is -0.449 e. The van der Waals surface area contributed by atoms with Crippen LogP contribution in [-0.4, -0.2) is 35.6 Å². The Morgan fingerprint density at radius 2 is 1.61 bits per heavy atom. The smallest absolute Gasteiger partial charge is 0.407 e. The molecule has 0 radical (unpaired) electrons. The van der Waals surface area contributed by atoms with E-state index < -0.39 is 18.3 Å². The van der Waals surface area contributed by atoms with Crippen LogP contribution in [0.4, 0.5) is 4.79 Å². The van der Waals surface area contributed by atoms with Gasteiger partial charge in [0.05, 0.1) is 0 Å². The van der Waals surface area contributed by atoms with Crippen LogP contribution in [-0.2, 0) is 4.74 Å². The van der Waals surface area contributed by atoms with Gasteiger partial charge < -0.3 is 20.3 Å². The first kappa shape index (κ1) is 21.4.